The first kappa shape index (κ1) is 16.8. The number of halogens is 2. The van der Waals surface area contributed by atoms with Crippen LogP contribution in [0.15, 0.2) is 42.5 Å². The average molecular weight is 363 g/mol. The molecule has 24 heavy (non-hydrogen) atoms. The minimum atomic E-state index is -0.611. The fraction of sp³-hybridized carbons (Fsp3) is 0.222. The Kier molecular flexibility index (Phi) is 4.78. The van der Waals surface area contributed by atoms with E-state index in [1.54, 1.807) is 18.2 Å². The summed E-state index contributed by atoms with van der Waals surface area (Å²) in [6.45, 7) is 2.04. The molecule has 1 N–H and O–H groups in total. The van der Waals surface area contributed by atoms with Crippen molar-refractivity contribution in [2.45, 2.75) is 25.8 Å². The molecule has 2 amide bonds. The monoisotopic (exact) mass is 362 g/mol. The molecule has 4 nitrogen and oxygen atoms in total. The van der Waals surface area contributed by atoms with Gasteiger partial charge in [-0.2, -0.15) is 0 Å². The van der Waals surface area contributed by atoms with Crippen molar-refractivity contribution in [3.63, 3.8) is 0 Å². The van der Waals surface area contributed by atoms with Gasteiger partial charge in [-0.3, -0.25) is 9.59 Å². The van der Waals surface area contributed by atoms with Gasteiger partial charge in [-0.15, -0.1) is 0 Å². The lowest BCUT2D eigenvalue weighted by molar-refractivity contribution is -0.121. The summed E-state index contributed by atoms with van der Waals surface area (Å²) in [5.74, 6) is -0.620. The van der Waals surface area contributed by atoms with E-state index in [9.17, 15) is 9.59 Å². The first-order chi connectivity index (χ1) is 11.5. The van der Waals surface area contributed by atoms with Gasteiger partial charge < -0.3 is 5.32 Å². The lowest BCUT2D eigenvalue weighted by Gasteiger charge is -2.18. The fourth-order valence-corrected chi connectivity index (χ4v) is 3.20. The van der Waals surface area contributed by atoms with E-state index in [4.69, 9.17) is 23.2 Å². The van der Waals surface area contributed by atoms with E-state index < -0.39 is 6.04 Å². The first-order valence-corrected chi connectivity index (χ1v) is 8.43. The zero-order valence-electron chi connectivity index (χ0n) is 13.1. The number of nitrogens with zero attached hydrogens (tertiary/aromatic N) is 1. The average Bonchev–Trinajstić information content (AvgIpc) is 2.85. The maximum Gasteiger partial charge on any atom is 0.256 e. The zero-order valence-corrected chi connectivity index (χ0v) is 14.6. The molecule has 0 saturated carbocycles. The fourth-order valence-electron chi connectivity index (χ4n) is 2.82. The second-order valence-corrected chi connectivity index (χ2v) is 6.34. The molecule has 1 saturated heterocycles. The van der Waals surface area contributed by atoms with E-state index in [0.29, 0.717) is 10.7 Å². The van der Waals surface area contributed by atoms with Crippen LogP contribution in [0.1, 0.15) is 18.9 Å². The molecule has 2 aromatic rings. The van der Waals surface area contributed by atoms with E-state index in [1.807, 2.05) is 31.2 Å². The summed E-state index contributed by atoms with van der Waals surface area (Å²) in [5.41, 5.74) is 2.29. The number of aryl methyl sites for hydroxylation is 1. The van der Waals surface area contributed by atoms with Gasteiger partial charge in [-0.05, 0) is 30.2 Å². The predicted octanol–water partition coefficient (Wildman–Crippen LogP) is 4.30. The molecule has 0 aromatic heterocycles. The van der Waals surface area contributed by atoms with E-state index in [-0.39, 0.29) is 23.3 Å². The molecule has 0 radical (unpaired) electrons. The second-order valence-electron chi connectivity index (χ2n) is 5.55. The molecular formula is C18H16Cl2N2O2. The molecule has 1 aliphatic rings. The summed E-state index contributed by atoms with van der Waals surface area (Å²) in [6, 6.07) is 12.0. The number of imide groups is 1. The van der Waals surface area contributed by atoms with Crippen molar-refractivity contribution >= 4 is 46.4 Å². The van der Waals surface area contributed by atoms with Crippen molar-refractivity contribution in [1.29, 1.82) is 0 Å². The van der Waals surface area contributed by atoms with Gasteiger partial charge in [0.25, 0.3) is 5.91 Å². The Balaban J connectivity index is 1.88. The highest BCUT2D eigenvalue weighted by Crippen LogP contribution is 2.35. The van der Waals surface area contributed by atoms with Crippen LogP contribution in [0.3, 0.4) is 0 Å². The number of hydrogen-bond acceptors (Lipinski definition) is 3. The lowest BCUT2D eigenvalue weighted by Crippen LogP contribution is -2.35. The van der Waals surface area contributed by atoms with Crippen LogP contribution in [0.25, 0.3) is 0 Å². The number of carbonyl (C=O) groups is 2. The van der Waals surface area contributed by atoms with Crippen molar-refractivity contribution in [2.75, 3.05) is 10.2 Å². The quantitative estimate of drug-likeness (QED) is 0.824. The minimum absolute atomic E-state index is 0.0831. The van der Waals surface area contributed by atoms with E-state index in [2.05, 4.69) is 5.32 Å². The summed E-state index contributed by atoms with van der Waals surface area (Å²) in [5, 5.41) is 3.70. The Morgan fingerprint density at radius 1 is 1.12 bits per heavy atom. The largest absolute Gasteiger partial charge is 0.373 e. The van der Waals surface area contributed by atoms with Gasteiger partial charge in [0.15, 0.2) is 0 Å². The molecule has 0 aliphatic carbocycles. The van der Waals surface area contributed by atoms with Crippen LogP contribution < -0.4 is 10.2 Å². The standard InChI is InChI=1S/C18H16Cl2N2O2/c1-2-11-6-3-4-8-13(11)21-14-10-16(23)22(18(14)24)15-9-5-7-12(19)17(15)20/h3-9,14,21H,2,10H2,1H3. The maximum atomic E-state index is 12.7. The molecule has 1 atom stereocenters. The molecule has 0 bridgehead atoms. The molecule has 124 valence electrons. The Morgan fingerprint density at radius 2 is 1.88 bits per heavy atom. The topological polar surface area (TPSA) is 49.4 Å². The van der Waals surface area contributed by atoms with E-state index >= 15 is 0 Å². The summed E-state index contributed by atoms with van der Waals surface area (Å²) >= 11 is 12.2. The second kappa shape index (κ2) is 6.83. The third kappa shape index (κ3) is 2.99. The number of anilines is 2. The third-order valence-electron chi connectivity index (χ3n) is 4.05. The normalized spacial score (nSPS) is 17.5. The van der Waals surface area contributed by atoms with Gasteiger partial charge in [0.2, 0.25) is 5.91 Å². The van der Waals surface area contributed by atoms with E-state index in [1.165, 1.54) is 0 Å². The Morgan fingerprint density at radius 3 is 2.62 bits per heavy atom. The highest BCUT2D eigenvalue weighted by molar-refractivity contribution is 6.45. The highest BCUT2D eigenvalue weighted by atomic mass is 35.5. The van der Waals surface area contributed by atoms with Crippen LogP contribution in [0.5, 0.6) is 0 Å². The summed E-state index contributed by atoms with van der Waals surface area (Å²) < 4.78 is 0. The lowest BCUT2D eigenvalue weighted by atomic mass is 10.1. The van der Waals surface area contributed by atoms with Crippen LogP contribution in [0, 0.1) is 0 Å². The summed E-state index contributed by atoms with van der Waals surface area (Å²) in [4.78, 5) is 26.2. The molecule has 1 fully saturated rings. The zero-order chi connectivity index (χ0) is 17.3. The Bertz CT molecular complexity index is 807. The van der Waals surface area contributed by atoms with Gasteiger partial charge in [0.05, 0.1) is 22.2 Å². The molecule has 2 aromatic carbocycles. The smallest absolute Gasteiger partial charge is 0.256 e. The van der Waals surface area contributed by atoms with Gasteiger partial charge in [-0.1, -0.05) is 54.4 Å². The summed E-state index contributed by atoms with van der Waals surface area (Å²) in [6.07, 6.45) is 0.918. The van der Waals surface area contributed by atoms with Crippen molar-refractivity contribution in [1.82, 2.24) is 0 Å². The molecule has 0 spiro atoms. The Hall–Kier alpha value is -2.04. The number of hydrogen-bond donors (Lipinski definition) is 1. The molecule has 1 unspecified atom stereocenters. The van der Waals surface area contributed by atoms with Gasteiger partial charge in [-0.25, -0.2) is 4.90 Å². The molecule has 1 aliphatic heterocycles. The van der Waals surface area contributed by atoms with Crippen LogP contribution in [0.4, 0.5) is 11.4 Å². The first-order valence-electron chi connectivity index (χ1n) is 7.68. The number of nitrogens with one attached hydrogen (secondary N) is 1. The van der Waals surface area contributed by atoms with E-state index in [0.717, 1.165) is 22.6 Å². The number of benzene rings is 2. The van der Waals surface area contributed by atoms with Crippen molar-refractivity contribution in [3.05, 3.63) is 58.1 Å². The van der Waals surface area contributed by atoms with Crippen LogP contribution in [-0.2, 0) is 16.0 Å². The Labute approximate surface area is 150 Å². The van der Waals surface area contributed by atoms with Crippen LogP contribution in [0.2, 0.25) is 10.0 Å². The maximum absolute atomic E-state index is 12.7. The molecular weight excluding hydrogens is 347 g/mol. The SMILES string of the molecule is CCc1ccccc1NC1CC(=O)N(c2cccc(Cl)c2Cl)C1=O. The number of carbonyl (C=O) groups excluding carboxylic acids is 2. The predicted molar refractivity (Wildman–Crippen MR) is 96.8 cm³/mol. The van der Waals surface area contributed by atoms with Crippen molar-refractivity contribution in [3.8, 4) is 0 Å². The number of rotatable bonds is 4. The van der Waals surface area contributed by atoms with Gasteiger partial charge >= 0.3 is 0 Å². The van der Waals surface area contributed by atoms with Crippen molar-refractivity contribution < 1.29 is 9.59 Å². The highest BCUT2D eigenvalue weighted by Gasteiger charge is 2.40. The number of amides is 2. The minimum Gasteiger partial charge on any atom is -0.373 e. The van der Waals surface area contributed by atoms with Crippen LogP contribution in [-0.4, -0.2) is 17.9 Å². The van der Waals surface area contributed by atoms with Crippen molar-refractivity contribution in [2.24, 2.45) is 0 Å². The molecule has 3 rings (SSSR count). The van der Waals surface area contributed by atoms with Gasteiger partial charge in [0.1, 0.15) is 6.04 Å². The van der Waals surface area contributed by atoms with Crippen LogP contribution >= 0.6 is 23.2 Å². The number of para-hydroxylation sites is 1. The molecule has 6 heteroatoms. The third-order valence-corrected chi connectivity index (χ3v) is 4.86. The molecule has 1 heterocycles. The summed E-state index contributed by atoms with van der Waals surface area (Å²) in [7, 11) is 0. The van der Waals surface area contributed by atoms with Gasteiger partial charge in [0, 0.05) is 5.69 Å².